The quantitative estimate of drug-likeness (QED) is 0.638. The van der Waals surface area contributed by atoms with E-state index >= 15 is 0 Å². The van der Waals surface area contributed by atoms with Crippen LogP contribution in [-0.2, 0) is 6.54 Å². The highest BCUT2D eigenvalue weighted by molar-refractivity contribution is 6.03. The summed E-state index contributed by atoms with van der Waals surface area (Å²) in [6.45, 7) is 3.27. The standard InChI is InChI=1S/C14H17N3O2/c1-11(14-12(18)4-2-5-13(14)19)16-6-3-8-17-9-7-15-10-17/h2,4-5,7,9-10,18-19H,3,6,8H2,1H3/b16-11+. The lowest BCUT2D eigenvalue weighted by Crippen LogP contribution is -2.00. The third-order valence-corrected chi connectivity index (χ3v) is 2.86. The fourth-order valence-electron chi connectivity index (χ4n) is 1.90. The van der Waals surface area contributed by atoms with E-state index in [1.165, 1.54) is 0 Å². The average Bonchev–Trinajstić information content (AvgIpc) is 2.87. The Balaban J connectivity index is 1.95. The van der Waals surface area contributed by atoms with E-state index < -0.39 is 0 Å². The van der Waals surface area contributed by atoms with Crippen molar-refractivity contribution in [2.24, 2.45) is 4.99 Å². The largest absolute Gasteiger partial charge is 0.507 e. The first-order valence-corrected chi connectivity index (χ1v) is 6.16. The molecule has 1 aromatic heterocycles. The van der Waals surface area contributed by atoms with Crippen molar-refractivity contribution >= 4 is 5.71 Å². The Morgan fingerprint density at radius 2 is 2.05 bits per heavy atom. The molecule has 0 bridgehead atoms. The number of nitrogens with zero attached hydrogens (tertiary/aromatic N) is 3. The molecule has 0 spiro atoms. The molecular weight excluding hydrogens is 242 g/mol. The van der Waals surface area contributed by atoms with Crippen LogP contribution in [0.3, 0.4) is 0 Å². The predicted molar refractivity (Wildman–Crippen MR) is 73.7 cm³/mol. The van der Waals surface area contributed by atoms with E-state index in [1.807, 2.05) is 10.8 Å². The normalized spacial score (nSPS) is 11.7. The highest BCUT2D eigenvalue weighted by atomic mass is 16.3. The lowest BCUT2D eigenvalue weighted by molar-refractivity contribution is 0.448. The molecule has 0 atom stereocenters. The molecule has 1 heterocycles. The first kappa shape index (κ1) is 13.1. The number of hydrogen-bond donors (Lipinski definition) is 2. The van der Waals surface area contributed by atoms with Crippen molar-refractivity contribution in [1.82, 2.24) is 9.55 Å². The van der Waals surface area contributed by atoms with Gasteiger partial charge in [-0.25, -0.2) is 4.98 Å². The lowest BCUT2D eigenvalue weighted by Gasteiger charge is -2.07. The second-order valence-electron chi connectivity index (χ2n) is 4.29. The van der Waals surface area contributed by atoms with Crippen LogP contribution in [-0.4, -0.2) is 32.0 Å². The van der Waals surface area contributed by atoms with Gasteiger partial charge in [0.2, 0.25) is 0 Å². The Bertz CT molecular complexity index is 542. The minimum absolute atomic E-state index is 0.0517. The molecule has 2 aromatic rings. The second-order valence-corrected chi connectivity index (χ2v) is 4.29. The van der Waals surface area contributed by atoms with Crippen LogP contribution >= 0.6 is 0 Å². The summed E-state index contributed by atoms with van der Waals surface area (Å²) in [7, 11) is 0. The smallest absolute Gasteiger partial charge is 0.128 e. The first-order chi connectivity index (χ1) is 9.18. The lowest BCUT2D eigenvalue weighted by atomic mass is 10.1. The summed E-state index contributed by atoms with van der Waals surface area (Å²) >= 11 is 0. The van der Waals surface area contributed by atoms with Crippen LogP contribution in [0.15, 0.2) is 41.9 Å². The van der Waals surface area contributed by atoms with Crippen molar-refractivity contribution in [1.29, 1.82) is 0 Å². The molecule has 0 aliphatic heterocycles. The van der Waals surface area contributed by atoms with Crippen LogP contribution in [0.25, 0.3) is 0 Å². The van der Waals surface area contributed by atoms with Gasteiger partial charge in [0.15, 0.2) is 0 Å². The summed E-state index contributed by atoms with van der Waals surface area (Å²) in [5.41, 5.74) is 1.05. The average molecular weight is 259 g/mol. The number of benzene rings is 1. The molecule has 0 radical (unpaired) electrons. The van der Waals surface area contributed by atoms with Crippen molar-refractivity contribution in [3.63, 3.8) is 0 Å². The number of hydrogen-bond acceptors (Lipinski definition) is 4. The Labute approximate surface area is 111 Å². The van der Waals surface area contributed by atoms with Crippen molar-refractivity contribution in [2.75, 3.05) is 6.54 Å². The topological polar surface area (TPSA) is 70.6 Å². The third-order valence-electron chi connectivity index (χ3n) is 2.86. The monoisotopic (exact) mass is 259 g/mol. The van der Waals surface area contributed by atoms with E-state index in [4.69, 9.17) is 0 Å². The number of phenols is 2. The molecule has 1 aromatic carbocycles. The van der Waals surface area contributed by atoms with E-state index in [0.29, 0.717) is 17.8 Å². The van der Waals surface area contributed by atoms with Crippen molar-refractivity contribution in [3.8, 4) is 11.5 Å². The number of imidazole rings is 1. The van der Waals surface area contributed by atoms with Gasteiger partial charge in [0, 0.05) is 31.2 Å². The highest BCUT2D eigenvalue weighted by Gasteiger charge is 2.09. The van der Waals surface area contributed by atoms with Gasteiger partial charge in [-0.1, -0.05) is 6.07 Å². The van der Waals surface area contributed by atoms with Crippen LogP contribution < -0.4 is 0 Å². The zero-order chi connectivity index (χ0) is 13.7. The Morgan fingerprint density at radius 3 is 2.68 bits per heavy atom. The summed E-state index contributed by atoms with van der Waals surface area (Å²) in [6.07, 6.45) is 6.30. The van der Waals surface area contributed by atoms with E-state index in [0.717, 1.165) is 13.0 Å². The number of aliphatic imine (C=N–C) groups is 1. The maximum Gasteiger partial charge on any atom is 0.128 e. The van der Waals surface area contributed by atoms with Crippen molar-refractivity contribution in [2.45, 2.75) is 19.9 Å². The summed E-state index contributed by atoms with van der Waals surface area (Å²) in [5.74, 6) is 0.103. The van der Waals surface area contributed by atoms with Crippen LogP contribution in [0.2, 0.25) is 0 Å². The van der Waals surface area contributed by atoms with Crippen molar-refractivity contribution in [3.05, 3.63) is 42.5 Å². The number of rotatable bonds is 5. The SMILES string of the molecule is C/C(=N\CCCn1ccnc1)c1c(O)cccc1O. The summed E-state index contributed by atoms with van der Waals surface area (Å²) < 4.78 is 1.99. The molecular formula is C14H17N3O2. The summed E-state index contributed by atoms with van der Waals surface area (Å²) in [4.78, 5) is 8.35. The fourth-order valence-corrected chi connectivity index (χ4v) is 1.90. The molecule has 0 unspecified atom stereocenters. The van der Waals surface area contributed by atoms with Gasteiger partial charge in [-0.15, -0.1) is 0 Å². The van der Waals surface area contributed by atoms with Crippen LogP contribution in [0.5, 0.6) is 11.5 Å². The fraction of sp³-hybridized carbons (Fsp3) is 0.286. The van der Waals surface area contributed by atoms with Crippen LogP contribution in [0, 0.1) is 0 Å². The van der Waals surface area contributed by atoms with Gasteiger partial charge in [-0.05, 0) is 25.5 Å². The maximum atomic E-state index is 9.72. The summed E-state index contributed by atoms with van der Waals surface area (Å²) in [6, 6.07) is 4.68. The molecule has 5 nitrogen and oxygen atoms in total. The van der Waals surface area contributed by atoms with Gasteiger partial charge in [0.05, 0.1) is 11.9 Å². The number of aryl methyl sites for hydroxylation is 1. The molecule has 5 heteroatoms. The Hall–Kier alpha value is -2.30. The van der Waals surface area contributed by atoms with E-state index in [-0.39, 0.29) is 11.5 Å². The van der Waals surface area contributed by atoms with Crippen molar-refractivity contribution < 1.29 is 10.2 Å². The molecule has 0 saturated carbocycles. The first-order valence-electron chi connectivity index (χ1n) is 6.16. The van der Waals surface area contributed by atoms with Gasteiger partial charge >= 0.3 is 0 Å². The number of aromatic hydroxyl groups is 2. The molecule has 0 amide bonds. The third kappa shape index (κ3) is 3.34. The van der Waals surface area contributed by atoms with Gasteiger partial charge < -0.3 is 14.8 Å². The molecule has 100 valence electrons. The van der Waals surface area contributed by atoms with Gasteiger partial charge in [-0.2, -0.15) is 0 Å². The minimum Gasteiger partial charge on any atom is -0.507 e. The molecule has 0 saturated heterocycles. The molecule has 2 rings (SSSR count). The Morgan fingerprint density at radius 1 is 1.32 bits per heavy atom. The number of phenolic OH excluding ortho intramolecular Hbond substituents is 2. The van der Waals surface area contributed by atoms with Crippen LogP contribution in [0.4, 0.5) is 0 Å². The zero-order valence-electron chi connectivity index (χ0n) is 10.8. The van der Waals surface area contributed by atoms with Gasteiger partial charge in [0.25, 0.3) is 0 Å². The number of aromatic nitrogens is 2. The summed E-state index contributed by atoms with van der Waals surface area (Å²) in [5, 5.41) is 19.4. The zero-order valence-corrected chi connectivity index (χ0v) is 10.8. The molecule has 0 fully saturated rings. The molecule has 2 N–H and O–H groups in total. The Kier molecular flexibility index (Phi) is 4.18. The highest BCUT2D eigenvalue weighted by Crippen LogP contribution is 2.26. The molecule has 0 aliphatic carbocycles. The predicted octanol–water partition coefficient (Wildman–Crippen LogP) is 2.19. The van der Waals surface area contributed by atoms with Gasteiger partial charge in [-0.3, -0.25) is 4.99 Å². The second kappa shape index (κ2) is 6.04. The van der Waals surface area contributed by atoms with E-state index in [1.54, 1.807) is 37.6 Å². The maximum absolute atomic E-state index is 9.72. The molecule has 19 heavy (non-hydrogen) atoms. The van der Waals surface area contributed by atoms with Crippen LogP contribution in [0.1, 0.15) is 18.9 Å². The van der Waals surface area contributed by atoms with E-state index in [2.05, 4.69) is 9.98 Å². The minimum atomic E-state index is 0.0517. The van der Waals surface area contributed by atoms with Gasteiger partial charge in [0.1, 0.15) is 11.5 Å². The van der Waals surface area contributed by atoms with E-state index in [9.17, 15) is 10.2 Å². The molecule has 0 aliphatic rings.